The van der Waals surface area contributed by atoms with Crippen LogP contribution in [0.4, 0.5) is 44.8 Å². The lowest BCUT2D eigenvalue weighted by molar-refractivity contribution is -0.403. The van der Waals surface area contributed by atoms with Crippen LogP contribution in [0.25, 0.3) is 21.5 Å². The van der Waals surface area contributed by atoms with E-state index in [2.05, 4.69) is 101 Å². The zero-order valence-corrected chi connectivity index (χ0v) is 33.7. The Labute approximate surface area is 348 Å². The molecule has 0 amide bonds. The van der Waals surface area contributed by atoms with E-state index in [1.807, 2.05) is 103 Å². The third-order valence-electron chi connectivity index (χ3n) is 10.5. The number of hydrogen-bond acceptors (Lipinski definition) is 5. The lowest BCUT2D eigenvalue weighted by Gasteiger charge is -2.26. The van der Waals surface area contributed by atoms with Gasteiger partial charge in [-0.2, -0.15) is 4.58 Å². The molecule has 0 aliphatic heterocycles. The number of nitro benzene ring substituents is 1. The lowest BCUT2D eigenvalue weighted by Crippen LogP contribution is -2.12. The van der Waals surface area contributed by atoms with Crippen molar-refractivity contribution < 1.29 is 9.50 Å². The number of anilines is 5. The van der Waals surface area contributed by atoms with Crippen molar-refractivity contribution in [2.75, 3.05) is 23.9 Å². The summed E-state index contributed by atoms with van der Waals surface area (Å²) < 4.78 is 2.15. The van der Waals surface area contributed by atoms with Crippen LogP contribution in [-0.2, 0) is 0 Å². The lowest BCUT2D eigenvalue weighted by atomic mass is 9.91. The molecule has 0 saturated carbocycles. The molecule has 6 aromatic carbocycles. The molecule has 1 aliphatic rings. The van der Waals surface area contributed by atoms with Crippen molar-refractivity contribution in [3.05, 3.63) is 231 Å². The van der Waals surface area contributed by atoms with Gasteiger partial charge in [0.05, 0.1) is 11.5 Å². The summed E-state index contributed by atoms with van der Waals surface area (Å²) in [5, 5.41) is 13.2. The van der Waals surface area contributed by atoms with Gasteiger partial charge < -0.3 is 9.80 Å². The molecule has 8 heteroatoms. The third kappa shape index (κ3) is 7.63. The Kier molecular flexibility index (Phi) is 10.9. The summed E-state index contributed by atoms with van der Waals surface area (Å²) in [6.07, 6.45) is 8.53. The second-order valence-corrected chi connectivity index (χ2v) is 15.1. The van der Waals surface area contributed by atoms with Crippen LogP contribution in [-0.4, -0.2) is 29.3 Å². The molecule has 286 valence electrons. The Balaban J connectivity index is 1.41. The predicted molar refractivity (Wildman–Crippen MR) is 245 cm³/mol. The van der Waals surface area contributed by atoms with Gasteiger partial charge >= 0.3 is 0 Å². The van der Waals surface area contributed by atoms with Crippen molar-refractivity contribution in [2.45, 2.75) is 6.92 Å². The van der Waals surface area contributed by atoms with Crippen molar-refractivity contribution in [3.63, 3.8) is 0 Å². The molecule has 0 bridgehead atoms. The number of nitro groups is 1. The molecule has 0 spiro atoms. The normalized spacial score (nSPS) is 11.9. The van der Waals surface area contributed by atoms with Crippen LogP contribution in [0.2, 0.25) is 0 Å². The molecule has 1 aromatic heterocycles. The van der Waals surface area contributed by atoms with E-state index in [-0.39, 0.29) is 10.6 Å². The fourth-order valence-corrected chi connectivity index (χ4v) is 8.80. The van der Waals surface area contributed by atoms with Gasteiger partial charge in [0.25, 0.3) is 5.69 Å². The van der Waals surface area contributed by atoms with Crippen molar-refractivity contribution in [1.82, 2.24) is 0 Å². The summed E-state index contributed by atoms with van der Waals surface area (Å²) in [4.78, 5) is 21.5. The van der Waals surface area contributed by atoms with E-state index in [9.17, 15) is 10.1 Å². The maximum absolute atomic E-state index is 12.6. The van der Waals surface area contributed by atoms with Crippen LogP contribution in [0.5, 0.6) is 0 Å². The highest BCUT2D eigenvalue weighted by Gasteiger charge is 2.32. The maximum Gasteiger partial charge on any atom is 0.293 e. The average Bonchev–Trinajstić information content (AvgIpc) is 3.66. The fraction of sp³-hybridized carbons (Fsp3) is 0.0588. The molecule has 8 rings (SSSR count). The van der Waals surface area contributed by atoms with Crippen molar-refractivity contribution in [2.24, 2.45) is 0 Å². The van der Waals surface area contributed by atoms with Gasteiger partial charge in [-0.15, -0.1) is 11.3 Å². The first-order valence-electron chi connectivity index (χ1n) is 19.2. The summed E-state index contributed by atoms with van der Waals surface area (Å²) >= 11 is 1.48. The van der Waals surface area contributed by atoms with E-state index >= 15 is 0 Å². The van der Waals surface area contributed by atoms with Crippen LogP contribution in [0, 0.1) is 23.6 Å². The average molecular weight is 787 g/mol. The number of para-hydroxylation sites is 5. The second-order valence-electron chi connectivity index (χ2n) is 14.1. The van der Waals surface area contributed by atoms with E-state index in [1.165, 1.54) is 17.4 Å². The van der Waals surface area contributed by atoms with Crippen LogP contribution in [0.1, 0.15) is 16.0 Å². The molecule has 1 heterocycles. The van der Waals surface area contributed by atoms with Crippen LogP contribution >= 0.6 is 11.3 Å². The first-order chi connectivity index (χ1) is 28.8. The molecule has 0 radical (unpaired) electrons. The van der Waals surface area contributed by atoms with Crippen molar-refractivity contribution >= 4 is 67.4 Å². The van der Waals surface area contributed by atoms with Gasteiger partial charge in [0.1, 0.15) is 17.7 Å². The molecule has 7 aromatic rings. The Morgan fingerprint density at radius 1 is 0.678 bits per heavy atom. The van der Waals surface area contributed by atoms with Gasteiger partial charge in [-0.25, -0.2) is 4.85 Å². The summed E-state index contributed by atoms with van der Waals surface area (Å²) in [6.45, 7) is 10.8. The zero-order valence-electron chi connectivity index (χ0n) is 32.9. The summed E-state index contributed by atoms with van der Waals surface area (Å²) in [5.74, 6) is 0. The highest BCUT2D eigenvalue weighted by Crippen LogP contribution is 2.57. The number of rotatable bonds is 10. The molecule has 0 N–H and O–H groups in total. The minimum atomic E-state index is -0.357. The summed E-state index contributed by atoms with van der Waals surface area (Å²) in [5.41, 5.74) is 11.1. The van der Waals surface area contributed by atoms with E-state index in [0.717, 1.165) is 66.7 Å². The highest BCUT2D eigenvalue weighted by atomic mass is 32.1. The minimum absolute atomic E-state index is 0.0525. The molecule has 0 saturated heterocycles. The second kappa shape index (κ2) is 16.9. The largest absolute Gasteiger partial charge is 0.345 e. The number of allylic oxidation sites excluding steroid dienone is 5. The van der Waals surface area contributed by atoms with Crippen LogP contribution in [0.15, 0.2) is 194 Å². The molecular weight excluding hydrogens is 747 g/mol. The smallest absolute Gasteiger partial charge is 0.293 e. The molecular formula is C51H40N5O2S+. The highest BCUT2D eigenvalue weighted by molar-refractivity contribution is 7.18. The van der Waals surface area contributed by atoms with Gasteiger partial charge in [0.2, 0.25) is 17.1 Å². The molecule has 0 unspecified atom stereocenters. The van der Waals surface area contributed by atoms with E-state index < -0.39 is 0 Å². The first-order valence-corrected chi connectivity index (χ1v) is 20.0. The van der Waals surface area contributed by atoms with E-state index in [1.54, 1.807) is 18.2 Å². The van der Waals surface area contributed by atoms with Gasteiger partial charge in [-0.1, -0.05) is 109 Å². The quantitative estimate of drug-likeness (QED) is 0.0600. The Bertz CT molecular complexity index is 2820. The zero-order chi connectivity index (χ0) is 40.9. The number of hydrogen-bond donors (Lipinski definition) is 0. The number of nitrogens with zero attached hydrogens (tertiary/aromatic N) is 5. The SMILES string of the molecule is [C-]#[N+]c1c(N(c2ccccc2C)c2ccccc2[N+](=O)[O-])sc(C(=C2C=CC(=[N+](C)c3ccccc3)C=C2)c2ccc(N(C)c3ccccc3)cc2)c1-c1ccccc1. The monoisotopic (exact) mass is 786 g/mol. The molecule has 59 heavy (non-hydrogen) atoms. The Hall–Kier alpha value is -7.60. The Morgan fingerprint density at radius 2 is 1.24 bits per heavy atom. The summed E-state index contributed by atoms with van der Waals surface area (Å²) in [6, 6.07) is 53.6. The minimum Gasteiger partial charge on any atom is -0.345 e. The standard InChI is InChI=1S/C51H40N5O2S/c1-36-18-14-15-25-44(36)55(45-26-16-17-27-46(45)56(57)58)51-49(52-2)48(37-19-8-5-9-20-37)50(59-51)47(38-28-32-42(33-29-38)53(3)40-21-10-6-11-22-40)39-30-34-43(35-31-39)54(4)41-23-12-7-13-24-41/h5-35H,1,3-4H3/q+1. The van der Waals surface area contributed by atoms with E-state index in [4.69, 9.17) is 6.57 Å². The molecule has 0 fully saturated rings. The molecule has 0 atom stereocenters. The maximum atomic E-state index is 12.6. The van der Waals surface area contributed by atoms with Gasteiger partial charge in [-0.05, 0) is 77.7 Å². The van der Waals surface area contributed by atoms with Crippen LogP contribution < -0.4 is 9.80 Å². The first kappa shape index (κ1) is 38.3. The number of thiophene rings is 1. The van der Waals surface area contributed by atoms with E-state index in [0.29, 0.717) is 16.4 Å². The van der Waals surface area contributed by atoms with Crippen molar-refractivity contribution in [1.29, 1.82) is 0 Å². The van der Waals surface area contributed by atoms with Gasteiger partial charge in [-0.3, -0.25) is 10.1 Å². The fourth-order valence-electron chi connectivity index (χ4n) is 7.42. The van der Waals surface area contributed by atoms with Crippen LogP contribution in [0.3, 0.4) is 0 Å². The topological polar surface area (TPSA) is 57.0 Å². The molecule has 7 nitrogen and oxygen atoms in total. The van der Waals surface area contributed by atoms with Crippen molar-refractivity contribution in [3.8, 4) is 11.1 Å². The van der Waals surface area contributed by atoms with Gasteiger partial charge in [0, 0.05) is 70.5 Å². The summed E-state index contributed by atoms with van der Waals surface area (Å²) in [7, 11) is 4.11. The molecule has 1 aliphatic carbocycles. The number of benzene rings is 6. The third-order valence-corrected chi connectivity index (χ3v) is 11.7. The van der Waals surface area contributed by atoms with Gasteiger partial charge in [0.15, 0.2) is 0 Å². The Morgan fingerprint density at radius 3 is 1.86 bits per heavy atom. The number of aryl methyl sites for hydroxylation is 1. The predicted octanol–water partition coefficient (Wildman–Crippen LogP) is 13.8.